The zero-order chi connectivity index (χ0) is 15.5. The van der Waals surface area contributed by atoms with E-state index in [1.807, 2.05) is 35.2 Å². The molecule has 0 bridgehead atoms. The lowest BCUT2D eigenvalue weighted by Gasteiger charge is -2.38. The van der Waals surface area contributed by atoms with E-state index < -0.39 is 5.38 Å². The average molecular weight is 318 g/mol. The highest BCUT2D eigenvalue weighted by Gasteiger charge is 2.34. The van der Waals surface area contributed by atoms with Gasteiger partial charge in [-0.05, 0) is 36.1 Å². The Labute approximate surface area is 134 Å². The maximum atomic E-state index is 13.1. The number of hydrogen-bond acceptors (Lipinski definition) is 1. The average Bonchev–Trinajstić information content (AvgIpc) is 2.54. The van der Waals surface area contributed by atoms with Crippen LogP contribution >= 0.6 is 11.6 Å². The Kier molecular flexibility index (Phi) is 4.44. The summed E-state index contributed by atoms with van der Waals surface area (Å²) in [6.07, 6.45) is 1.44. The number of rotatable bonds is 3. The number of likely N-dealkylation sites (tertiary alicyclic amines) is 1. The minimum absolute atomic E-state index is 0.0499. The van der Waals surface area contributed by atoms with Gasteiger partial charge in [-0.1, -0.05) is 42.5 Å². The van der Waals surface area contributed by atoms with E-state index in [2.05, 4.69) is 0 Å². The maximum Gasteiger partial charge on any atom is 0.241 e. The summed E-state index contributed by atoms with van der Waals surface area (Å²) in [5.74, 6) is -0.318. The molecule has 0 unspecified atom stereocenters. The van der Waals surface area contributed by atoms with Gasteiger partial charge in [-0.15, -0.1) is 11.6 Å². The van der Waals surface area contributed by atoms with E-state index in [9.17, 15) is 9.18 Å². The molecule has 0 N–H and O–H groups in total. The van der Waals surface area contributed by atoms with Crippen molar-refractivity contribution < 1.29 is 9.18 Å². The van der Waals surface area contributed by atoms with E-state index in [-0.39, 0.29) is 17.8 Å². The van der Waals surface area contributed by atoms with Gasteiger partial charge in [0.25, 0.3) is 0 Å². The second-order valence-corrected chi connectivity index (χ2v) is 6.09. The molecule has 0 saturated carbocycles. The van der Waals surface area contributed by atoms with Crippen LogP contribution < -0.4 is 0 Å². The Bertz CT molecular complexity index is 644. The van der Waals surface area contributed by atoms with Crippen LogP contribution in [0.4, 0.5) is 4.39 Å². The van der Waals surface area contributed by atoms with Gasteiger partial charge in [-0.2, -0.15) is 0 Å². The van der Waals surface area contributed by atoms with Crippen molar-refractivity contribution in [2.75, 3.05) is 0 Å². The monoisotopic (exact) mass is 317 g/mol. The van der Waals surface area contributed by atoms with Crippen LogP contribution in [-0.4, -0.2) is 16.2 Å². The molecule has 2 aromatic rings. The molecule has 3 rings (SSSR count). The minimum atomic E-state index is -0.472. The summed E-state index contributed by atoms with van der Waals surface area (Å²) in [4.78, 5) is 14.3. The number of piperidine rings is 1. The molecule has 1 fully saturated rings. The van der Waals surface area contributed by atoms with Crippen molar-refractivity contribution >= 4 is 17.5 Å². The summed E-state index contributed by atoms with van der Waals surface area (Å²) in [6.45, 7) is 0.519. The number of nitrogens with zero attached hydrogens (tertiary/aromatic N) is 1. The number of carbonyl (C=O) groups excluding carboxylic acids is 1. The fourth-order valence-electron chi connectivity index (χ4n) is 2.92. The first-order valence-corrected chi connectivity index (χ1v) is 7.83. The van der Waals surface area contributed by atoms with Gasteiger partial charge < -0.3 is 4.90 Å². The largest absolute Gasteiger partial charge is 0.330 e. The Morgan fingerprint density at radius 3 is 2.41 bits per heavy atom. The quantitative estimate of drug-likeness (QED) is 0.773. The predicted octanol–water partition coefficient (Wildman–Crippen LogP) is 4.30. The fraction of sp³-hybridized carbons (Fsp3) is 0.278. The van der Waals surface area contributed by atoms with E-state index in [0.29, 0.717) is 13.0 Å². The lowest BCUT2D eigenvalue weighted by Crippen LogP contribution is -2.43. The Morgan fingerprint density at radius 2 is 1.73 bits per heavy atom. The summed E-state index contributed by atoms with van der Waals surface area (Å²) < 4.78 is 13.1. The van der Waals surface area contributed by atoms with Crippen LogP contribution in [0.1, 0.15) is 30.0 Å². The maximum absolute atomic E-state index is 13.1. The normalized spacial score (nSPS) is 21.9. The number of amides is 1. The Balaban J connectivity index is 1.89. The highest BCUT2D eigenvalue weighted by atomic mass is 35.5. The van der Waals surface area contributed by atoms with Crippen molar-refractivity contribution in [1.29, 1.82) is 0 Å². The first kappa shape index (κ1) is 15.0. The first-order valence-electron chi connectivity index (χ1n) is 7.39. The molecule has 0 spiro atoms. The Hall–Kier alpha value is -1.87. The molecule has 0 aliphatic carbocycles. The first-order chi connectivity index (χ1) is 10.6. The van der Waals surface area contributed by atoms with Gasteiger partial charge in [0.2, 0.25) is 5.91 Å². The molecule has 0 aromatic heterocycles. The van der Waals surface area contributed by atoms with Crippen LogP contribution in [0.15, 0.2) is 54.6 Å². The third-order valence-electron chi connectivity index (χ3n) is 4.07. The molecule has 22 heavy (non-hydrogen) atoms. The van der Waals surface area contributed by atoms with E-state index in [1.54, 1.807) is 12.1 Å². The highest BCUT2D eigenvalue weighted by molar-refractivity contribution is 6.30. The van der Waals surface area contributed by atoms with E-state index in [4.69, 9.17) is 11.6 Å². The topological polar surface area (TPSA) is 20.3 Å². The predicted molar refractivity (Wildman–Crippen MR) is 85.0 cm³/mol. The molecule has 1 heterocycles. The van der Waals surface area contributed by atoms with Crippen LogP contribution in [0.3, 0.4) is 0 Å². The zero-order valence-electron chi connectivity index (χ0n) is 12.1. The molecule has 2 atom stereocenters. The molecule has 1 amide bonds. The van der Waals surface area contributed by atoms with Gasteiger partial charge in [0.1, 0.15) is 11.2 Å². The molecular weight excluding hydrogens is 301 g/mol. The van der Waals surface area contributed by atoms with Gasteiger partial charge in [-0.3, -0.25) is 4.79 Å². The number of alkyl halides is 1. The number of halogens is 2. The standard InChI is InChI=1S/C18H17ClFNO/c19-16-10-11-17(14-6-8-15(20)9-7-14)21(18(16)22)12-13-4-2-1-3-5-13/h1-9,16-17H,10-12H2/t16-,17-/m1/s1. The lowest BCUT2D eigenvalue weighted by molar-refractivity contribution is -0.136. The number of carbonyl (C=O) groups is 1. The van der Waals surface area contributed by atoms with Crippen molar-refractivity contribution in [3.8, 4) is 0 Å². The molecule has 114 valence electrons. The molecule has 1 aliphatic rings. The number of benzene rings is 2. The molecule has 2 nitrogen and oxygen atoms in total. The molecule has 2 aromatic carbocycles. The van der Waals surface area contributed by atoms with Gasteiger partial charge in [0.05, 0.1) is 6.04 Å². The van der Waals surface area contributed by atoms with Crippen LogP contribution in [-0.2, 0) is 11.3 Å². The third-order valence-corrected chi connectivity index (χ3v) is 4.48. The van der Waals surface area contributed by atoms with Crippen molar-refractivity contribution in [2.24, 2.45) is 0 Å². The molecular formula is C18H17ClFNO. The van der Waals surface area contributed by atoms with Crippen molar-refractivity contribution in [2.45, 2.75) is 30.8 Å². The summed E-state index contributed by atoms with van der Waals surface area (Å²) in [6, 6.07) is 16.2. The van der Waals surface area contributed by atoms with Crippen molar-refractivity contribution in [3.63, 3.8) is 0 Å². The van der Waals surface area contributed by atoms with Gasteiger partial charge in [-0.25, -0.2) is 4.39 Å². The van der Waals surface area contributed by atoms with Crippen molar-refractivity contribution in [3.05, 3.63) is 71.5 Å². The lowest BCUT2D eigenvalue weighted by atomic mass is 9.94. The summed E-state index contributed by atoms with van der Waals surface area (Å²) in [5.41, 5.74) is 2.02. The summed E-state index contributed by atoms with van der Waals surface area (Å²) in [5, 5.41) is -0.472. The minimum Gasteiger partial charge on any atom is -0.330 e. The smallest absolute Gasteiger partial charge is 0.241 e. The molecule has 0 radical (unpaired) electrons. The van der Waals surface area contributed by atoms with Crippen LogP contribution in [0, 0.1) is 5.82 Å². The summed E-state index contributed by atoms with van der Waals surface area (Å²) in [7, 11) is 0. The van der Waals surface area contributed by atoms with E-state index in [0.717, 1.165) is 17.5 Å². The fourth-order valence-corrected chi connectivity index (χ4v) is 3.17. The van der Waals surface area contributed by atoms with E-state index >= 15 is 0 Å². The van der Waals surface area contributed by atoms with Crippen LogP contribution in [0.25, 0.3) is 0 Å². The van der Waals surface area contributed by atoms with Gasteiger partial charge in [0, 0.05) is 6.54 Å². The van der Waals surface area contributed by atoms with Gasteiger partial charge in [0.15, 0.2) is 0 Å². The van der Waals surface area contributed by atoms with Crippen LogP contribution in [0.5, 0.6) is 0 Å². The van der Waals surface area contributed by atoms with Crippen LogP contribution in [0.2, 0.25) is 0 Å². The van der Waals surface area contributed by atoms with Gasteiger partial charge >= 0.3 is 0 Å². The second kappa shape index (κ2) is 6.49. The second-order valence-electron chi connectivity index (χ2n) is 5.56. The zero-order valence-corrected chi connectivity index (χ0v) is 12.8. The number of hydrogen-bond donors (Lipinski definition) is 0. The van der Waals surface area contributed by atoms with Crippen molar-refractivity contribution in [1.82, 2.24) is 4.90 Å². The highest BCUT2D eigenvalue weighted by Crippen LogP contribution is 2.34. The molecule has 1 aliphatic heterocycles. The summed E-state index contributed by atoms with van der Waals surface area (Å²) >= 11 is 6.15. The third kappa shape index (κ3) is 3.14. The molecule has 4 heteroatoms. The molecule has 1 saturated heterocycles. The van der Waals surface area contributed by atoms with E-state index in [1.165, 1.54) is 12.1 Å². The SMILES string of the molecule is O=C1[C@H](Cl)CC[C@H](c2ccc(F)cc2)N1Cc1ccccc1. The Morgan fingerprint density at radius 1 is 1.05 bits per heavy atom.